The van der Waals surface area contributed by atoms with Gasteiger partial charge in [-0.05, 0) is 12.1 Å². The topological polar surface area (TPSA) is 52.3 Å². The summed E-state index contributed by atoms with van der Waals surface area (Å²) in [6, 6.07) is 2.89. The zero-order valence-electron chi connectivity index (χ0n) is 7.46. The summed E-state index contributed by atoms with van der Waals surface area (Å²) in [7, 11) is 1.18. The molecule has 0 aliphatic rings. The number of esters is 1. The molecule has 0 saturated carbocycles. The van der Waals surface area contributed by atoms with E-state index in [0.29, 0.717) is 0 Å². The number of hydrogen-bond acceptors (Lipinski definition) is 3. The molecule has 5 heteroatoms. The number of hydrogen-bond donors (Lipinski definition) is 1. The molecule has 0 aliphatic carbocycles. The number of carbonyl (C=O) groups excluding carboxylic acids is 1. The Labute approximate surface area is 85.6 Å². The second-order valence-electron chi connectivity index (χ2n) is 2.64. The van der Waals surface area contributed by atoms with Crippen LogP contribution in [0.2, 0.25) is 5.02 Å². The standard InChI is InChI=1S/C9H9ClFNO2/c1-14-9(13)8(12)7-5(10)3-2-4-6(7)11/h2-4,8H,12H2,1H3/t8-/m0/s1. The number of benzene rings is 1. The van der Waals surface area contributed by atoms with Gasteiger partial charge in [-0.2, -0.15) is 0 Å². The van der Waals surface area contributed by atoms with Crippen LogP contribution in [0.25, 0.3) is 0 Å². The van der Waals surface area contributed by atoms with E-state index < -0.39 is 17.8 Å². The molecular formula is C9H9ClFNO2. The molecule has 14 heavy (non-hydrogen) atoms. The second kappa shape index (κ2) is 4.39. The first kappa shape index (κ1) is 10.9. The van der Waals surface area contributed by atoms with Gasteiger partial charge in [-0.1, -0.05) is 17.7 Å². The van der Waals surface area contributed by atoms with E-state index in [1.807, 2.05) is 0 Å². The van der Waals surface area contributed by atoms with Crippen molar-refractivity contribution in [2.45, 2.75) is 6.04 Å². The predicted molar refractivity (Wildman–Crippen MR) is 50.4 cm³/mol. The third-order valence-corrected chi connectivity index (χ3v) is 2.10. The highest BCUT2D eigenvalue weighted by atomic mass is 35.5. The summed E-state index contributed by atoms with van der Waals surface area (Å²) in [5, 5.41) is 0.114. The number of carbonyl (C=O) groups is 1. The SMILES string of the molecule is COC(=O)[C@@H](N)c1c(F)cccc1Cl. The second-order valence-corrected chi connectivity index (χ2v) is 3.04. The monoisotopic (exact) mass is 217 g/mol. The lowest BCUT2D eigenvalue weighted by Gasteiger charge is -2.11. The van der Waals surface area contributed by atoms with Gasteiger partial charge in [0.25, 0.3) is 0 Å². The van der Waals surface area contributed by atoms with Crippen LogP contribution in [0.5, 0.6) is 0 Å². The van der Waals surface area contributed by atoms with Crippen molar-refractivity contribution in [3.8, 4) is 0 Å². The van der Waals surface area contributed by atoms with Gasteiger partial charge in [0.15, 0.2) is 0 Å². The Morgan fingerprint density at radius 3 is 2.79 bits per heavy atom. The summed E-state index contributed by atoms with van der Waals surface area (Å²) in [6.45, 7) is 0. The Morgan fingerprint density at radius 2 is 2.29 bits per heavy atom. The van der Waals surface area contributed by atoms with Gasteiger partial charge in [0.2, 0.25) is 0 Å². The molecule has 0 amide bonds. The lowest BCUT2D eigenvalue weighted by Crippen LogP contribution is -2.24. The maximum absolute atomic E-state index is 13.2. The minimum Gasteiger partial charge on any atom is -0.468 e. The fourth-order valence-electron chi connectivity index (χ4n) is 1.05. The maximum atomic E-state index is 13.2. The minimum absolute atomic E-state index is 0.0407. The van der Waals surface area contributed by atoms with Gasteiger partial charge in [0.1, 0.15) is 11.9 Å². The van der Waals surface area contributed by atoms with Gasteiger partial charge in [0.05, 0.1) is 7.11 Å². The van der Waals surface area contributed by atoms with E-state index in [0.717, 1.165) is 0 Å². The van der Waals surface area contributed by atoms with Crippen molar-refractivity contribution in [3.63, 3.8) is 0 Å². The Morgan fingerprint density at radius 1 is 1.64 bits per heavy atom. The van der Waals surface area contributed by atoms with Gasteiger partial charge < -0.3 is 10.5 Å². The van der Waals surface area contributed by atoms with Crippen LogP contribution in [-0.4, -0.2) is 13.1 Å². The fourth-order valence-corrected chi connectivity index (χ4v) is 1.33. The number of ether oxygens (including phenoxy) is 1. The first-order valence-electron chi connectivity index (χ1n) is 3.85. The summed E-state index contributed by atoms with van der Waals surface area (Å²) in [5.74, 6) is -1.34. The van der Waals surface area contributed by atoms with Gasteiger partial charge in [-0.25, -0.2) is 4.39 Å². The fraction of sp³-hybridized carbons (Fsp3) is 0.222. The molecule has 0 aromatic heterocycles. The maximum Gasteiger partial charge on any atom is 0.327 e. The first-order chi connectivity index (χ1) is 6.57. The Kier molecular flexibility index (Phi) is 3.43. The molecule has 0 fully saturated rings. The summed E-state index contributed by atoms with van der Waals surface area (Å²) >= 11 is 5.70. The largest absolute Gasteiger partial charge is 0.468 e. The third-order valence-electron chi connectivity index (χ3n) is 1.77. The number of halogens is 2. The Hall–Kier alpha value is -1.13. The summed E-state index contributed by atoms with van der Waals surface area (Å²) < 4.78 is 17.6. The Bertz CT molecular complexity index is 336. The van der Waals surface area contributed by atoms with Gasteiger partial charge in [-0.15, -0.1) is 0 Å². The van der Waals surface area contributed by atoms with E-state index in [9.17, 15) is 9.18 Å². The molecule has 1 aromatic rings. The molecule has 3 nitrogen and oxygen atoms in total. The summed E-state index contributed by atoms with van der Waals surface area (Å²) in [6.07, 6.45) is 0. The Balaban J connectivity index is 3.11. The molecular weight excluding hydrogens is 209 g/mol. The van der Waals surface area contributed by atoms with E-state index in [-0.39, 0.29) is 10.6 Å². The molecule has 76 valence electrons. The average molecular weight is 218 g/mol. The molecule has 0 aliphatic heterocycles. The molecule has 0 unspecified atom stereocenters. The molecule has 0 saturated heterocycles. The van der Waals surface area contributed by atoms with Crippen LogP contribution >= 0.6 is 11.6 Å². The lowest BCUT2D eigenvalue weighted by atomic mass is 10.1. The molecule has 0 heterocycles. The number of methoxy groups -OCH3 is 1. The quantitative estimate of drug-likeness (QED) is 0.767. The van der Waals surface area contributed by atoms with Gasteiger partial charge in [0, 0.05) is 10.6 Å². The smallest absolute Gasteiger partial charge is 0.327 e. The van der Waals surface area contributed by atoms with Gasteiger partial charge >= 0.3 is 5.97 Å². The first-order valence-corrected chi connectivity index (χ1v) is 4.23. The molecule has 1 rings (SSSR count). The predicted octanol–water partition coefficient (Wildman–Crippen LogP) is 1.65. The molecule has 1 aromatic carbocycles. The van der Waals surface area contributed by atoms with Crippen molar-refractivity contribution in [2.75, 3.05) is 7.11 Å². The van der Waals surface area contributed by atoms with E-state index in [2.05, 4.69) is 4.74 Å². The van der Waals surface area contributed by atoms with Crippen LogP contribution in [0, 0.1) is 5.82 Å². The zero-order chi connectivity index (χ0) is 10.7. The lowest BCUT2D eigenvalue weighted by molar-refractivity contribution is -0.142. The van der Waals surface area contributed by atoms with E-state index in [4.69, 9.17) is 17.3 Å². The highest BCUT2D eigenvalue weighted by Crippen LogP contribution is 2.24. The van der Waals surface area contributed by atoms with Crippen molar-refractivity contribution in [1.29, 1.82) is 0 Å². The zero-order valence-corrected chi connectivity index (χ0v) is 8.22. The average Bonchev–Trinajstić information content (AvgIpc) is 2.16. The third kappa shape index (κ3) is 2.02. The summed E-state index contributed by atoms with van der Waals surface area (Å²) in [5.41, 5.74) is 5.41. The van der Waals surface area contributed by atoms with Crippen molar-refractivity contribution in [2.24, 2.45) is 5.73 Å². The van der Waals surface area contributed by atoms with Crippen molar-refractivity contribution in [1.82, 2.24) is 0 Å². The highest BCUT2D eigenvalue weighted by molar-refractivity contribution is 6.31. The molecule has 2 N–H and O–H groups in total. The number of nitrogens with two attached hydrogens (primary N) is 1. The molecule has 0 spiro atoms. The van der Waals surface area contributed by atoms with Gasteiger partial charge in [-0.3, -0.25) is 4.79 Å². The van der Waals surface area contributed by atoms with Crippen LogP contribution in [0.3, 0.4) is 0 Å². The van der Waals surface area contributed by atoms with Crippen molar-refractivity contribution in [3.05, 3.63) is 34.6 Å². The van der Waals surface area contributed by atoms with E-state index >= 15 is 0 Å². The van der Waals surface area contributed by atoms with E-state index in [1.165, 1.54) is 25.3 Å². The molecule has 1 atom stereocenters. The molecule has 0 bridgehead atoms. The van der Waals surface area contributed by atoms with Crippen molar-refractivity contribution < 1.29 is 13.9 Å². The normalized spacial score (nSPS) is 12.3. The highest BCUT2D eigenvalue weighted by Gasteiger charge is 2.22. The summed E-state index contributed by atoms with van der Waals surface area (Å²) in [4.78, 5) is 11.0. The van der Waals surface area contributed by atoms with Crippen LogP contribution in [-0.2, 0) is 9.53 Å². The molecule has 0 radical (unpaired) electrons. The van der Waals surface area contributed by atoms with Crippen LogP contribution in [0.15, 0.2) is 18.2 Å². The minimum atomic E-state index is -1.19. The number of rotatable bonds is 2. The van der Waals surface area contributed by atoms with Crippen LogP contribution < -0.4 is 5.73 Å². The van der Waals surface area contributed by atoms with E-state index in [1.54, 1.807) is 0 Å². The van der Waals surface area contributed by atoms with Crippen LogP contribution in [0.4, 0.5) is 4.39 Å². The van der Waals surface area contributed by atoms with Crippen LogP contribution in [0.1, 0.15) is 11.6 Å². The van der Waals surface area contributed by atoms with Crippen molar-refractivity contribution >= 4 is 17.6 Å².